The molecule has 0 heterocycles. The SMILES string of the molecule is CC(C)CC/C=C/CCCCCCCCCCCC(=O)O. The second-order valence-corrected chi connectivity index (χ2v) is 6.56. The molecule has 2 heteroatoms. The van der Waals surface area contributed by atoms with Gasteiger partial charge in [-0.05, 0) is 38.0 Å². The van der Waals surface area contributed by atoms with E-state index in [9.17, 15) is 4.79 Å². The van der Waals surface area contributed by atoms with Gasteiger partial charge in [-0.3, -0.25) is 4.79 Å². The second-order valence-electron chi connectivity index (χ2n) is 6.56. The number of carboxylic acid groups (broad SMARTS) is 1. The van der Waals surface area contributed by atoms with Gasteiger partial charge >= 0.3 is 5.97 Å². The summed E-state index contributed by atoms with van der Waals surface area (Å²) in [5, 5.41) is 8.52. The lowest BCUT2D eigenvalue weighted by Crippen LogP contribution is -1.93. The summed E-state index contributed by atoms with van der Waals surface area (Å²) in [5.41, 5.74) is 0. The highest BCUT2D eigenvalue weighted by molar-refractivity contribution is 5.66. The van der Waals surface area contributed by atoms with Gasteiger partial charge in [0, 0.05) is 6.42 Å². The zero-order chi connectivity index (χ0) is 15.8. The second kappa shape index (κ2) is 15.6. The van der Waals surface area contributed by atoms with Crippen molar-refractivity contribution in [3.8, 4) is 0 Å². The van der Waals surface area contributed by atoms with Crippen LogP contribution < -0.4 is 0 Å². The van der Waals surface area contributed by atoms with Crippen molar-refractivity contribution in [2.24, 2.45) is 5.92 Å². The normalized spacial score (nSPS) is 11.6. The van der Waals surface area contributed by atoms with Crippen LogP contribution in [0, 0.1) is 5.92 Å². The molecule has 0 bridgehead atoms. The molecule has 0 aliphatic carbocycles. The van der Waals surface area contributed by atoms with E-state index in [2.05, 4.69) is 26.0 Å². The Morgan fingerprint density at radius 2 is 1.29 bits per heavy atom. The molecule has 2 nitrogen and oxygen atoms in total. The highest BCUT2D eigenvalue weighted by Crippen LogP contribution is 2.12. The van der Waals surface area contributed by atoms with Crippen LogP contribution in [0.25, 0.3) is 0 Å². The van der Waals surface area contributed by atoms with Crippen molar-refractivity contribution in [3.63, 3.8) is 0 Å². The van der Waals surface area contributed by atoms with E-state index in [0.29, 0.717) is 6.42 Å². The van der Waals surface area contributed by atoms with Gasteiger partial charge in [0.2, 0.25) is 0 Å². The lowest BCUT2D eigenvalue weighted by Gasteiger charge is -2.01. The standard InChI is InChI=1S/C19H36O2/c1-18(2)16-14-12-10-8-6-4-3-5-7-9-11-13-15-17-19(20)21/h10,12,18H,3-9,11,13-17H2,1-2H3,(H,20,21)/b12-10+. The molecule has 0 amide bonds. The molecule has 0 saturated heterocycles. The number of hydrogen-bond donors (Lipinski definition) is 1. The van der Waals surface area contributed by atoms with Crippen molar-refractivity contribution < 1.29 is 9.90 Å². The molecule has 0 radical (unpaired) electrons. The summed E-state index contributed by atoms with van der Waals surface area (Å²) in [7, 11) is 0. The van der Waals surface area contributed by atoms with Crippen LogP contribution in [-0.2, 0) is 4.79 Å². The Hall–Kier alpha value is -0.790. The van der Waals surface area contributed by atoms with Gasteiger partial charge < -0.3 is 5.11 Å². The summed E-state index contributed by atoms with van der Waals surface area (Å²) in [6.45, 7) is 4.56. The predicted molar refractivity (Wildman–Crippen MR) is 91.6 cm³/mol. The Labute approximate surface area is 132 Å². The summed E-state index contributed by atoms with van der Waals surface area (Å²) in [5.74, 6) is 0.159. The molecular weight excluding hydrogens is 260 g/mol. The Morgan fingerprint density at radius 1 is 0.810 bits per heavy atom. The van der Waals surface area contributed by atoms with Crippen LogP contribution >= 0.6 is 0 Å². The first-order valence-corrected chi connectivity index (χ1v) is 8.99. The summed E-state index contributed by atoms with van der Waals surface area (Å²) in [4.78, 5) is 10.3. The average molecular weight is 296 g/mol. The first-order valence-electron chi connectivity index (χ1n) is 8.99. The minimum atomic E-state index is -0.659. The van der Waals surface area contributed by atoms with Crippen molar-refractivity contribution in [1.82, 2.24) is 0 Å². The van der Waals surface area contributed by atoms with Gasteiger partial charge in [0.25, 0.3) is 0 Å². The van der Waals surface area contributed by atoms with Gasteiger partial charge in [0.15, 0.2) is 0 Å². The number of aliphatic carboxylic acids is 1. The molecule has 0 unspecified atom stereocenters. The van der Waals surface area contributed by atoms with E-state index < -0.39 is 5.97 Å². The fraction of sp³-hybridized carbons (Fsp3) is 0.842. The molecule has 0 aromatic heterocycles. The number of unbranched alkanes of at least 4 members (excludes halogenated alkanes) is 9. The van der Waals surface area contributed by atoms with Crippen LogP contribution in [0.3, 0.4) is 0 Å². The quantitative estimate of drug-likeness (QED) is 0.282. The van der Waals surface area contributed by atoms with E-state index in [0.717, 1.165) is 18.8 Å². The molecule has 21 heavy (non-hydrogen) atoms. The van der Waals surface area contributed by atoms with Crippen molar-refractivity contribution in [1.29, 1.82) is 0 Å². The van der Waals surface area contributed by atoms with Gasteiger partial charge in [-0.1, -0.05) is 70.9 Å². The maximum atomic E-state index is 10.3. The molecule has 0 aromatic carbocycles. The third-order valence-electron chi connectivity index (χ3n) is 3.84. The lowest BCUT2D eigenvalue weighted by molar-refractivity contribution is -0.137. The van der Waals surface area contributed by atoms with Crippen molar-refractivity contribution in [2.45, 2.75) is 97.3 Å². The van der Waals surface area contributed by atoms with Gasteiger partial charge in [-0.15, -0.1) is 0 Å². The Morgan fingerprint density at radius 3 is 1.81 bits per heavy atom. The summed E-state index contributed by atoms with van der Waals surface area (Å²) in [6.07, 6.45) is 19.9. The molecule has 0 rings (SSSR count). The number of hydrogen-bond acceptors (Lipinski definition) is 1. The highest BCUT2D eigenvalue weighted by atomic mass is 16.4. The monoisotopic (exact) mass is 296 g/mol. The van der Waals surface area contributed by atoms with Gasteiger partial charge in [0.05, 0.1) is 0 Å². The molecule has 0 spiro atoms. The van der Waals surface area contributed by atoms with Gasteiger partial charge in [0.1, 0.15) is 0 Å². The minimum absolute atomic E-state index is 0.338. The van der Waals surface area contributed by atoms with Crippen LogP contribution in [0.1, 0.15) is 97.3 Å². The lowest BCUT2D eigenvalue weighted by atomic mass is 10.1. The summed E-state index contributed by atoms with van der Waals surface area (Å²) < 4.78 is 0. The maximum Gasteiger partial charge on any atom is 0.303 e. The fourth-order valence-corrected chi connectivity index (χ4v) is 2.44. The first-order chi connectivity index (χ1) is 10.1. The van der Waals surface area contributed by atoms with Crippen LogP contribution in [0.15, 0.2) is 12.2 Å². The van der Waals surface area contributed by atoms with Crippen LogP contribution in [0.5, 0.6) is 0 Å². The number of allylic oxidation sites excluding steroid dienone is 2. The van der Waals surface area contributed by atoms with Gasteiger partial charge in [-0.25, -0.2) is 0 Å². The smallest absolute Gasteiger partial charge is 0.303 e. The number of carbonyl (C=O) groups is 1. The molecule has 0 aliphatic rings. The highest BCUT2D eigenvalue weighted by Gasteiger charge is 1.96. The summed E-state index contributed by atoms with van der Waals surface area (Å²) in [6, 6.07) is 0. The van der Waals surface area contributed by atoms with Crippen molar-refractivity contribution in [2.75, 3.05) is 0 Å². The van der Waals surface area contributed by atoms with E-state index in [1.807, 2.05) is 0 Å². The van der Waals surface area contributed by atoms with Crippen LogP contribution in [0.4, 0.5) is 0 Å². The van der Waals surface area contributed by atoms with E-state index in [4.69, 9.17) is 5.11 Å². The van der Waals surface area contributed by atoms with E-state index in [1.54, 1.807) is 0 Å². The molecule has 0 atom stereocenters. The van der Waals surface area contributed by atoms with Crippen molar-refractivity contribution in [3.05, 3.63) is 12.2 Å². The fourth-order valence-electron chi connectivity index (χ4n) is 2.44. The first kappa shape index (κ1) is 20.2. The molecule has 0 aliphatic heterocycles. The molecule has 0 aromatic rings. The Balaban J connectivity index is 3.07. The molecular formula is C19H36O2. The van der Waals surface area contributed by atoms with Crippen LogP contribution in [-0.4, -0.2) is 11.1 Å². The third kappa shape index (κ3) is 19.2. The zero-order valence-electron chi connectivity index (χ0n) is 14.3. The maximum absolute atomic E-state index is 10.3. The number of rotatable bonds is 15. The predicted octanol–water partition coefficient (Wildman–Crippen LogP) is 6.35. The topological polar surface area (TPSA) is 37.3 Å². The molecule has 1 N–H and O–H groups in total. The Kier molecular flexibility index (Phi) is 15.0. The Bertz CT molecular complexity index is 256. The molecule has 0 fully saturated rings. The third-order valence-corrected chi connectivity index (χ3v) is 3.84. The van der Waals surface area contributed by atoms with E-state index in [-0.39, 0.29) is 0 Å². The molecule has 0 saturated carbocycles. The van der Waals surface area contributed by atoms with E-state index in [1.165, 1.54) is 64.2 Å². The van der Waals surface area contributed by atoms with Gasteiger partial charge in [-0.2, -0.15) is 0 Å². The summed E-state index contributed by atoms with van der Waals surface area (Å²) >= 11 is 0. The largest absolute Gasteiger partial charge is 0.481 e. The average Bonchev–Trinajstić information content (AvgIpc) is 2.42. The van der Waals surface area contributed by atoms with E-state index >= 15 is 0 Å². The number of carboxylic acids is 1. The molecule has 124 valence electrons. The van der Waals surface area contributed by atoms with Crippen molar-refractivity contribution >= 4 is 5.97 Å². The van der Waals surface area contributed by atoms with Crippen LogP contribution in [0.2, 0.25) is 0 Å². The minimum Gasteiger partial charge on any atom is -0.481 e. The zero-order valence-corrected chi connectivity index (χ0v) is 14.3.